The van der Waals surface area contributed by atoms with Gasteiger partial charge in [-0.15, -0.1) is 0 Å². The maximum Gasteiger partial charge on any atom is 0.149 e. The van der Waals surface area contributed by atoms with Crippen LogP contribution in [0.1, 0.15) is 5.76 Å². The number of benzene rings is 1. The van der Waals surface area contributed by atoms with Crippen LogP contribution in [0.4, 0.5) is 0 Å². The van der Waals surface area contributed by atoms with Gasteiger partial charge in [0, 0.05) is 5.56 Å². The Morgan fingerprint density at radius 1 is 1.19 bits per heavy atom. The lowest BCUT2D eigenvalue weighted by Gasteiger charge is -2.01. The molecule has 2 aromatic rings. The molecule has 1 aromatic carbocycles. The van der Waals surface area contributed by atoms with Crippen molar-refractivity contribution in [2.24, 2.45) is 5.16 Å². The summed E-state index contributed by atoms with van der Waals surface area (Å²) in [5.41, 5.74) is 0.701. The zero-order chi connectivity index (χ0) is 11.5. The van der Waals surface area contributed by atoms with E-state index < -0.39 is 0 Å². The predicted octanol–water partition coefficient (Wildman–Crippen LogP) is 4.06. The van der Waals surface area contributed by atoms with Crippen molar-refractivity contribution in [3.63, 3.8) is 0 Å². The van der Waals surface area contributed by atoms with Gasteiger partial charge in [0.2, 0.25) is 0 Å². The standard InChI is InChI=1S/C11H7Cl2NO2/c12-9-3-1-2-8(11(9)13)10-5-4-7(16-10)6-14-15/h1-6,15H/b14-6+. The first-order valence-electron chi connectivity index (χ1n) is 4.44. The maximum absolute atomic E-state index is 8.36. The lowest BCUT2D eigenvalue weighted by Crippen LogP contribution is -1.77. The molecule has 0 radical (unpaired) electrons. The highest BCUT2D eigenvalue weighted by molar-refractivity contribution is 6.43. The molecule has 0 spiro atoms. The van der Waals surface area contributed by atoms with Crippen LogP contribution in [0.3, 0.4) is 0 Å². The second kappa shape index (κ2) is 4.60. The topological polar surface area (TPSA) is 45.7 Å². The Labute approximate surface area is 102 Å². The van der Waals surface area contributed by atoms with Crippen molar-refractivity contribution in [3.8, 4) is 11.3 Å². The molecule has 1 aromatic heterocycles. The van der Waals surface area contributed by atoms with Gasteiger partial charge in [0.05, 0.1) is 10.0 Å². The minimum atomic E-state index is 0.436. The third-order valence-electron chi connectivity index (χ3n) is 2.03. The number of oxime groups is 1. The highest BCUT2D eigenvalue weighted by Crippen LogP contribution is 2.33. The van der Waals surface area contributed by atoms with Gasteiger partial charge >= 0.3 is 0 Å². The van der Waals surface area contributed by atoms with Crippen molar-refractivity contribution < 1.29 is 9.62 Å². The Bertz CT molecular complexity index is 535. The number of rotatable bonds is 2. The first kappa shape index (κ1) is 11.0. The predicted molar refractivity (Wildman–Crippen MR) is 63.5 cm³/mol. The smallest absolute Gasteiger partial charge is 0.149 e. The summed E-state index contributed by atoms with van der Waals surface area (Å²) in [5.74, 6) is 1.01. The molecule has 1 heterocycles. The summed E-state index contributed by atoms with van der Waals surface area (Å²) in [6, 6.07) is 8.69. The molecule has 5 heteroatoms. The number of hydrogen-bond acceptors (Lipinski definition) is 3. The molecular formula is C11H7Cl2NO2. The van der Waals surface area contributed by atoms with E-state index in [0.29, 0.717) is 27.1 Å². The number of halogens is 2. The van der Waals surface area contributed by atoms with Crippen molar-refractivity contribution in [3.05, 3.63) is 46.1 Å². The molecule has 3 nitrogen and oxygen atoms in total. The molecule has 0 atom stereocenters. The summed E-state index contributed by atoms with van der Waals surface area (Å²) in [7, 11) is 0. The van der Waals surface area contributed by atoms with Gasteiger partial charge in [0.15, 0.2) is 0 Å². The van der Waals surface area contributed by atoms with Crippen LogP contribution >= 0.6 is 23.2 Å². The van der Waals surface area contributed by atoms with E-state index in [1.165, 1.54) is 6.21 Å². The van der Waals surface area contributed by atoms with E-state index >= 15 is 0 Å². The normalized spacial score (nSPS) is 11.1. The van der Waals surface area contributed by atoms with Crippen LogP contribution in [0.2, 0.25) is 10.0 Å². The fraction of sp³-hybridized carbons (Fsp3) is 0. The Hall–Kier alpha value is -1.45. The number of nitrogens with zero attached hydrogens (tertiary/aromatic N) is 1. The van der Waals surface area contributed by atoms with Gasteiger partial charge in [-0.3, -0.25) is 0 Å². The molecule has 1 N–H and O–H groups in total. The van der Waals surface area contributed by atoms with Crippen LogP contribution in [-0.2, 0) is 0 Å². The van der Waals surface area contributed by atoms with Crippen molar-refractivity contribution in [2.75, 3.05) is 0 Å². The molecule has 16 heavy (non-hydrogen) atoms. The quantitative estimate of drug-likeness (QED) is 0.500. The molecule has 0 bridgehead atoms. The van der Waals surface area contributed by atoms with Crippen molar-refractivity contribution >= 4 is 29.4 Å². The summed E-state index contributed by atoms with van der Waals surface area (Å²) in [5, 5.41) is 12.1. The van der Waals surface area contributed by atoms with E-state index in [4.69, 9.17) is 32.8 Å². The molecule has 2 rings (SSSR count). The van der Waals surface area contributed by atoms with Crippen molar-refractivity contribution in [2.45, 2.75) is 0 Å². The molecule has 0 fully saturated rings. The summed E-state index contributed by atoms with van der Waals surface area (Å²) in [4.78, 5) is 0. The Balaban J connectivity index is 2.46. The lowest BCUT2D eigenvalue weighted by atomic mass is 10.2. The van der Waals surface area contributed by atoms with Gasteiger partial charge < -0.3 is 9.62 Å². The van der Waals surface area contributed by atoms with Crippen LogP contribution < -0.4 is 0 Å². The fourth-order valence-electron chi connectivity index (χ4n) is 1.32. The lowest BCUT2D eigenvalue weighted by molar-refractivity contribution is 0.321. The minimum Gasteiger partial charge on any atom is -0.455 e. The second-order valence-corrected chi connectivity index (χ2v) is 3.83. The summed E-state index contributed by atoms with van der Waals surface area (Å²) >= 11 is 11.9. The first-order chi connectivity index (χ1) is 7.72. The zero-order valence-electron chi connectivity index (χ0n) is 8.02. The van der Waals surface area contributed by atoms with E-state index in [1.807, 2.05) is 0 Å². The van der Waals surface area contributed by atoms with E-state index in [-0.39, 0.29) is 0 Å². The van der Waals surface area contributed by atoms with Gasteiger partial charge in [0.25, 0.3) is 0 Å². The van der Waals surface area contributed by atoms with Crippen LogP contribution in [0.25, 0.3) is 11.3 Å². The summed E-state index contributed by atoms with van der Waals surface area (Å²) in [6.45, 7) is 0. The maximum atomic E-state index is 8.36. The van der Waals surface area contributed by atoms with E-state index in [0.717, 1.165) is 0 Å². The molecule has 0 amide bonds. The van der Waals surface area contributed by atoms with Gasteiger partial charge in [0.1, 0.15) is 17.7 Å². The van der Waals surface area contributed by atoms with E-state index in [9.17, 15) is 0 Å². The third kappa shape index (κ3) is 2.05. The molecule has 0 aliphatic carbocycles. The molecule has 0 saturated heterocycles. The average molecular weight is 256 g/mol. The summed E-state index contributed by atoms with van der Waals surface area (Å²) < 4.78 is 5.39. The van der Waals surface area contributed by atoms with Crippen LogP contribution in [-0.4, -0.2) is 11.4 Å². The van der Waals surface area contributed by atoms with Crippen LogP contribution in [0, 0.1) is 0 Å². The highest BCUT2D eigenvalue weighted by Gasteiger charge is 2.10. The summed E-state index contributed by atoms with van der Waals surface area (Å²) in [6.07, 6.45) is 1.20. The van der Waals surface area contributed by atoms with Gasteiger partial charge in [-0.1, -0.05) is 34.4 Å². The average Bonchev–Trinajstić information content (AvgIpc) is 2.71. The Morgan fingerprint density at radius 3 is 2.75 bits per heavy atom. The van der Waals surface area contributed by atoms with Gasteiger partial charge in [-0.05, 0) is 24.3 Å². The molecular weight excluding hydrogens is 249 g/mol. The van der Waals surface area contributed by atoms with Crippen molar-refractivity contribution in [1.82, 2.24) is 0 Å². The monoisotopic (exact) mass is 255 g/mol. The fourth-order valence-corrected chi connectivity index (χ4v) is 1.71. The van der Waals surface area contributed by atoms with Gasteiger partial charge in [-0.2, -0.15) is 0 Å². The SMILES string of the molecule is O/N=C/c1ccc(-c2cccc(Cl)c2Cl)o1. The van der Waals surface area contributed by atoms with Gasteiger partial charge in [-0.25, -0.2) is 0 Å². The van der Waals surface area contributed by atoms with E-state index in [1.54, 1.807) is 30.3 Å². The number of furan rings is 1. The third-order valence-corrected chi connectivity index (χ3v) is 2.85. The largest absolute Gasteiger partial charge is 0.455 e. The molecule has 0 unspecified atom stereocenters. The number of hydrogen-bond donors (Lipinski definition) is 1. The molecule has 0 saturated carbocycles. The van der Waals surface area contributed by atoms with E-state index in [2.05, 4.69) is 5.16 Å². The molecule has 0 aliphatic rings. The Morgan fingerprint density at radius 2 is 2.00 bits per heavy atom. The second-order valence-electron chi connectivity index (χ2n) is 3.05. The minimum absolute atomic E-state index is 0.436. The van der Waals surface area contributed by atoms with Crippen molar-refractivity contribution in [1.29, 1.82) is 0 Å². The molecule has 82 valence electrons. The highest BCUT2D eigenvalue weighted by atomic mass is 35.5. The Kier molecular flexibility index (Phi) is 3.17. The zero-order valence-corrected chi connectivity index (χ0v) is 9.53. The molecule has 0 aliphatic heterocycles. The van der Waals surface area contributed by atoms with Crippen LogP contribution in [0.5, 0.6) is 0 Å². The first-order valence-corrected chi connectivity index (χ1v) is 5.19. The van der Waals surface area contributed by atoms with Crippen LogP contribution in [0.15, 0.2) is 39.9 Å².